The highest BCUT2D eigenvalue weighted by Crippen LogP contribution is 2.19. The Balaban J connectivity index is 1.54. The fourth-order valence-corrected chi connectivity index (χ4v) is 5.18. The van der Waals surface area contributed by atoms with Crippen LogP contribution in [0, 0.1) is 0 Å². The van der Waals surface area contributed by atoms with Crippen LogP contribution >= 0.6 is 12.2 Å². The average molecular weight is 368 g/mol. The monoisotopic (exact) mass is 367 g/mol. The van der Waals surface area contributed by atoms with Crippen LogP contribution in [0.25, 0.3) is 0 Å². The Morgan fingerprint density at radius 2 is 1.62 bits per heavy atom. The maximum Gasteiger partial charge on any atom is 0.243 e. The summed E-state index contributed by atoms with van der Waals surface area (Å²) in [5.74, 6) is 0. The van der Waals surface area contributed by atoms with Crippen LogP contribution < -0.4 is 5.32 Å². The van der Waals surface area contributed by atoms with Gasteiger partial charge in [0, 0.05) is 32.2 Å². The molecular formula is C17H25N3O2S2. The minimum Gasteiger partial charge on any atom is -0.360 e. The van der Waals surface area contributed by atoms with Crippen LogP contribution in [0.2, 0.25) is 0 Å². The molecule has 0 aromatic heterocycles. The number of hydrogen-bond acceptors (Lipinski definition) is 3. The van der Waals surface area contributed by atoms with Crippen LogP contribution in [0.4, 0.5) is 0 Å². The van der Waals surface area contributed by atoms with E-state index in [1.54, 1.807) is 28.6 Å². The van der Waals surface area contributed by atoms with Gasteiger partial charge in [0.25, 0.3) is 0 Å². The molecule has 0 radical (unpaired) electrons. The normalized spacial score (nSPS) is 20.8. The molecule has 24 heavy (non-hydrogen) atoms. The van der Waals surface area contributed by atoms with Gasteiger partial charge in [-0.25, -0.2) is 8.42 Å². The molecule has 1 aliphatic heterocycles. The molecule has 1 N–H and O–H groups in total. The molecule has 0 unspecified atom stereocenters. The van der Waals surface area contributed by atoms with Gasteiger partial charge in [0.2, 0.25) is 10.0 Å². The first kappa shape index (κ1) is 17.6. The molecular weight excluding hydrogens is 342 g/mol. The summed E-state index contributed by atoms with van der Waals surface area (Å²) < 4.78 is 26.8. The summed E-state index contributed by atoms with van der Waals surface area (Å²) >= 11 is 5.53. The third-order valence-electron chi connectivity index (χ3n) is 4.84. The second-order valence-corrected chi connectivity index (χ2v) is 8.81. The zero-order chi connectivity index (χ0) is 17.0. The quantitative estimate of drug-likeness (QED) is 0.830. The Labute approximate surface area is 150 Å². The lowest BCUT2D eigenvalue weighted by Gasteiger charge is -2.37. The van der Waals surface area contributed by atoms with Crippen molar-refractivity contribution in [3.8, 4) is 0 Å². The van der Waals surface area contributed by atoms with Crippen LogP contribution in [0.15, 0.2) is 35.2 Å². The molecule has 1 saturated heterocycles. The van der Waals surface area contributed by atoms with Gasteiger partial charge in [-0.2, -0.15) is 4.31 Å². The Bertz CT molecular complexity index is 650. The molecule has 0 spiro atoms. The summed E-state index contributed by atoms with van der Waals surface area (Å²) in [5, 5.41) is 4.24. The summed E-state index contributed by atoms with van der Waals surface area (Å²) in [6, 6.07) is 9.12. The third kappa shape index (κ3) is 4.07. The van der Waals surface area contributed by atoms with Crippen molar-refractivity contribution >= 4 is 27.4 Å². The summed E-state index contributed by atoms with van der Waals surface area (Å²) in [6.45, 7) is 2.24. The van der Waals surface area contributed by atoms with Crippen LogP contribution in [-0.4, -0.2) is 55.0 Å². The molecule has 2 fully saturated rings. The van der Waals surface area contributed by atoms with Crippen LogP contribution in [0.1, 0.15) is 32.1 Å². The fourth-order valence-electron chi connectivity index (χ4n) is 3.39. The summed E-state index contributed by atoms with van der Waals surface area (Å²) in [4.78, 5) is 2.46. The Morgan fingerprint density at radius 3 is 2.25 bits per heavy atom. The highest BCUT2D eigenvalue weighted by Gasteiger charge is 2.29. The van der Waals surface area contributed by atoms with Gasteiger partial charge in [0.05, 0.1) is 4.90 Å². The van der Waals surface area contributed by atoms with Crippen molar-refractivity contribution in [3.63, 3.8) is 0 Å². The van der Waals surface area contributed by atoms with Gasteiger partial charge < -0.3 is 10.2 Å². The van der Waals surface area contributed by atoms with E-state index in [-0.39, 0.29) is 0 Å². The van der Waals surface area contributed by atoms with Crippen molar-refractivity contribution in [1.29, 1.82) is 0 Å². The van der Waals surface area contributed by atoms with Crippen molar-refractivity contribution in [3.05, 3.63) is 30.3 Å². The second-order valence-electron chi connectivity index (χ2n) is 6.49. The van der Waals surface area contributed by atoms with E-state index in [1.807, 2.05) is 6.07 Å². The van der Waals surface area contributed by atoms with Gasteiger partial charge >= 0.3 is 0 Å². The van der Waals surface area contributed by atoms with Crippen LogP contribution in [0.5, 0.6) is 0 Å². The molecule has 0 amide bonds. The number of hydrogen-bond donors (Lipinski definition) is 1. The molecule has 1 heterocycles. The molecule has 1 saturated carbocycles. The summed E-state index contributed by atoms with van der Waals surface area (Å²) in [5.41, 5.74) is 0. The molecule has 1 aliphatic carbocycles. The molecule has 0 bridgehead atoms. The van der Waals surface area contributed by atoms with Crippen LogP contribution in [-0.2, 0) is 10.0 Å². The number of thiocarbonyl (C=S) groups is 1. The first-order chi connectivity index (χ1) is 11.6. The topological polar surface area (TPSA) is 52.7 Å². The Hall–Kier alpha value is -1.18. The average Bonchev–Trinajstić information content (AvgIpc) is 2.63. The number of rotatable bonds is 3. The van der Waals surface area contributed by atoms with Crippen molar-refractivity contribution in [1.82, 2.24) is 14.5 Å². The van der Waals surface area contributed by atoms with E-state index < -0.39 is 10.0 Å². The van der Waals surface area contributed by atoms with Gasteiger partial charge in [-0.15, -0.1) is 0 Å². The van der Waals surface area contributed by atoms with Crippen LogP contribution in [0.3, 0.4) is 0 Å². The molecule has 1 aromatic carbocycles. The van der Waals surface area contributed by atoms with E-state index in [0.29, 0.717) is 37.1 Å². The van der Waals surface area contributed by atoms with Gasteiger partial charge in [-0.3, -0.25) is 0 Å². The number of sulfonamides is 1. The van der Waals surface area contributed by atoms with Gasteiger partial charge in [0.15, 0.2) is 5.11 Å². The molecule has 0 atom stereocenters. The molecule has 2 aliphatic rings. The van der Waals surface area contributed by atoms with Gasteiger partial charge in [-0.1, -0.05) is 37.5 Å². The lowest BCUT2D eigenvalue weighted by Crippen LogP contribution is -2.54. The summed E-state index contributed by atoms with van der Waals surface area (Å²) in [7, 11) is -3.40. The molecule has 1 aromatic rings. The Morgan fingerprint density at radius 1 is 1.00 bits per heavy atom. The highest BCUT2D eigenvalue weighted by molar-refractivity contribution is 7.89. The first-order valence-corrected chi connectivity index (χ1v) is 10.5. The van der Waals surface area contributed by atoms with E-state index in [9.17, 15) is 8.42 Å². The number of benzene rings is 1. The minimum atomic E-state index is -3.40. The minimum absolute atomic E-state index is 0.362. The zero-order valence-electron chi connectivity index (χ0n) is 13.9. The van der Waals surface area contributed by atoms with Crippen molar-refractivity contribution in [2.24, 2.45) is 0 Å². The standard InChI is InChI=1S/C17H25N3O2S2/c21-24(22,16-9-5-2-6-10-16)20-13-11-19(12-14-20)17(23)18-15-7-3-1-4-8-15/h2,5-6,9-10,15H,1,3-4,7-8,11-14H2,(H,18,23). The smallest absolute Gasteiger partial charge is 0.243 e. The van der Waals surface area contributed by atoms with Crippen molar-refractivity contribution < 1.29 is 8.42 Å². The van der Waals surface area contributed by atoms with E-state index in [2.05, 4.69) is 10.2 Å². The molecule has 132 valence electrons. The summed E-state index contributed by atoms with van der Waals surface area (Å²) in [6.07, 6.45) is 6.22. The van der Waals surface area contributed by atoms with Gasteiger partial charge in [-0.05, 0) is 37.2 Å². The fraction of sp³-hybridized carbons (Fsp3) is 0.588. The zero-order valence-corrected chi connectivity index (χ0v) is 15.5. The van der Waals surface area contributed by atoms with E-state index >= 15 is 0 Å². The van der Waals surface area contributed by atoms with Crippen molar-refractivity contribution in [2.45, 2.75) is 43.0 Å². The maximum atomic E-state index is 12.6. The highest BCUT2D eigenvalue weighted by atomic mass is 32.2. The maximum absolute atomic E-state index is 12.6. The van der Waals surface area contributed by atoms with Gasteiger partial charge in [0.1, 0.15) is 0 Å². The third-order valence-corrected chi connectivity index (χ3v) is 7.13. The van der Waals surface area contributed by atoms with E-state index in [4.69, 9.17) is 12.2 Å². The first-order valence-electron chi connectivity index (χ1n) is 8.68. The molecule has 5 nitrogen and oxygen atoms in total. The SMILES string of the molecule is O=S(=O)(c1ccccc1)N1CCN(C(=S)NC2CCCCC2)CC1. The second kappa shape index (κ2) is 7.80. The lowest BCUT2D eigenvalue weighted by molar-refractivity contribution is 0.259. The number of piperazine rings is 1. The lowest BCUT2D eigenvalue weighted by atomic mass is 9.96. The van der Waals surface area contributed by atoms with Crippen molar-refractivity contribution in [2.75, 3.05) is 26.2 Å². The number of nitrogens with zero attached hydrogens (tertiary/aromatic N) is 2. The Kier molecular flexibility index (Phi) is 5.73. The molecule has 3 rings (SSSR count). The van der Waals surface area contributed by atoms with E-state index in [1.165, 1.54) is 32.1 Å². The van der Waals surface area contributed by atoms with E-state index in [0.717, 1.165) is 5.11 Å². The predicted octanol–water partition coefficient (Wildman–Crippen LogP) is 2.20. The largest absolute Gasteiger partial charge is 0.360 e. The predicted molar refractivity (Wildman–Crippen MR) is 99.4 cm³/mol. The molecule has 7 heteroatoms. The number of nitrogens with one attached hydrogen (secondary N) is 1.